The first-order valence-electron chi connectivity index (χ1n) is 7.15. The van der Waals surface area contributed by atoms with Gasteiger partial charge in [0.2, 0.25) is 0 Å². The van der Waals surface area contributed by atoms with Crippen LogP contribution in [0.1, 0.15) is 25.8 Å². The Morgan fingerprint density at radius 2 is 1.90 bits per heavy atom. The largest absolute Gasteiger partial charge is 0.493 e. The summed E-state index contributed by atoms with van der Waals surface area (Å²) in [6.45, 7) is 4.64. The Bertz CT molecular complexity index is 429. The first kappa shape index (κ1) is 17.8. The smallest absolute Gasteiger partial charge is 0.161 e. The fraction of sp³-hybridized carbons (Fsp3) is 0.625. The summed E-state index contributed by atoms with van der Waals surface area (Å²) in [7, 11) is 3.28. The monoisotopic (exact) mass is 297 g/mol. The van der Waals surface area contributed by atoms with E-state index in [2.05, 4.69) is 0 Å². The van der Waals surface area contributed by atoms with Crippen molar-refractivity contribution >= 4 is 0 Å². The zero-order valence-corrected chi connectivity index (χ0v) is 13.4. The third kappa shape index (κ3) is 5.91. The van der Waals surface area contributed by atoms with Gasteiger partial charge in [-0.05, 0) is 38.0 Å². The van der Waals surface area contributed by atoms with Gasteiger partial charge in [-0.3, -0.25) is 0 Å². The van der Waals surface area contributed by atoms with Crippen LogP contribution in [0.3, 0.4) is 0 Å². The van der Waals surface area contributed by atoms with Gasteiger partial charge in [0.25, 0.3) is 0 Å². The van der Waals surface area contributed by atoms with E-state index < -0.39 is 5.60 Å². The molecule has 21 heavy (non-hydrogen) atoms. The van der Waals surface area contributed by atoms with Gasteiger partial charge in [-0.1, -0.05) is 6.07 Å². The number of hydrogen-bond donors (Lipinski definition) is 2. The molecule has 1 aromatic rings. The number of benzene rings is 1. The highest BCUT2D eigenvalue weighted by molar-refractivity contribution is 5.43. The fourth-order valence-electron chi connectivity index (χ4n) is 1.85. The van der Waals surface area contributed by atoms with E-state index >= 15 is 0 Å². The Kier molecular flexibility index (Phi) is 6.95. The zero-order chi connectivity index (χ0) is 15.9. The molecule has 0 aliphatic rings. The Morgan fingerprint density at radius 3 is 2.48 bits per heavy atom. The summed E-state index contributed by atoms with van der Waals surface area (Å²) in [6.07, 6.45) is 1.38. The quantitative estimate of drug-likeness (QED) is 0.679. The van der Waals surface area contributed by atoms with Gasteiger partial charge in [0.15, 0.2) is 11.5 Å². The average Bonchev–Trinajstić information content (AvgIpc) is 2.43. The lowest BCUT2D eigenvalue weighted by atomic mass is 9.93. The van der Waals surface area contributed by atoms with Crippen LogP contribution >= 0.6 is 0 Å². The molecule has 1 unspecified atom stereocenters. The minimum atomic E-state index is -0.917. The number of ether oxygens (including phenoxy) is 3. The Labute approximate surface area is 127 Å². The molecule has 0 heterocycles. The number of rotatable bonds is 9. The van der Waals surface area contributed by atoms with Crippen LogP contribution < -0.4 is 15.2 Å². The molecule has 0 aliphatic heterocycles. The van der Waals surface area contributed by atoms with Crippen molar-refractivity contribution in [2.75, 3.05) is 27.4 Å². The van der Waals surface area contributed by atoms with Crippen LogP contribution in [0.25, 0.3) is 0 Å². The van der Waals surface area contributed by atoms with Gasteiger partial charge in [0.05, 0.1) is 19.3 Å². The SMILES string of the molecule is COCCCOc1cc(CC(N)C(C)(C)O)ccc1OC. The van der Waals surface area contributed by atoms with Gasteiger partial charge in [0, 0.05) is 26.2 Å². The van der Waals surface area contributed by atoms with Crippen LogP contribution in [0.5, 0.6) is 11.5 Å². The number of methoxy groups -OCH3 is 2. The van der Waals surface area contributed by atoms with Gasteiger partial charge in [-0.15, -0.1) is 0 Å². The molecule has 0 radical (unpaired) electrons. The maximum atomic E-state index is 9.92. The average molecular weight is 297 g/mol. The zero-order valence-electron chi connectivity index (χ0n) is 13.4. The van der Waals surface area contributed by atoms with Gasteiger partial charge >= 0.3 is 0 Å². The molecule has 0 spiro atoms. The van der Waals surface area contributed by atoms with Gasteiger partial charge in [-0.2, -0.15) is 0 Å². The molecule has 0 aliphatic carbocycles. The maximum absolute atomic E-state index is 9.92. The topological polar surface area (TPSA) is 73.9 Å². The predicted molar refractivity (Wildman–Crippen MR) is 83.0 cm³/mol. The third-order valence-electron chi connectivity index (χ3n) is 3.34. The standard InChI is InChI=1S/C16H27NO4/c1-16(2,18)15(17)11-12-6-7-13(20-4)14(10-12)21-9-5-8-19-3/h6-7,10,15,18H,5,8-9,11,17H2,1-4H3. The second-order valence-corrected chi connectivity index (χ2v) is 5.64. The van der Waals surface area contributed by atoms with Crippen LogP contribution in [-0.2, 0) is 11.2 Å². The second-order valence-electron chi connectivity index (χ2n) is 5.64. The van der Waals surface area contributed by atoms with Crippen LogP contribution in [0.4, 0.5) is 0 Å². The first-order chi connectivity index (χ1) is 9.88. The van der Waals surface area contributed by atoms with Gasteiger partial charge in [-0.25, -0.2) is 0 Å². The third-order valence-corrected chi connectivity index (χ3v) is 3.34. The highest BCUT2D eigenvalue weighted by Gasteiger charge is 2.23. The molecule has 0 aromatic heterocycles. The fourth-order valence-corrected chi connectivity index (χ4v) is 1.85. The minimum absolute atomic E-state index is 0.341. The molecule has 1 atom stereocenters. The van der Waals surface area contributed by atoms with Crippen molar-refractivity contribution in [2.45, 2.75) is 38.3 Å². The van der Waals surface area contributed by atoms with E-state index in [1.54, 1.807) is 28.1 Å². The van der Waals surface area contributed by atoms with Crippen molar-refractivity contribution < 1.29 is 19.3 Å². The van der Waals surface area contributed by atoms with Crippen LogP contribution in [0.15, 0.2) is 18.2 Å². The molecule has 0 fully saturated rings. The van der Waals surface area contributed by atoms with Gasteiger partial charge < -0.3 is 25.1 Å². The van der Waals surface area contributed by atoms with Crippen molar-refractivity contribution in [3.05, 3.63) is 23.8 Å². The highest BCUT2D eigenvalue weighted by Crippen LogP contribution is 2.29. The second kappa shape index (κ2) is 8.22. The molecular weight excluding hydrogens is 270 g/mol. The Hall–Kier alpha value is -1.30. The molecule has 120 valence electrons. The summed E-state index contributed by atoms with van der Waals surface area (Å²) in [5, 5.41) is 9.92. The van der Waals surface area contributed by atoms with Crippen molar-refractivity contribution in [3.63, 3.8) is 0 Å². The van der Waals surface area contributed by atoms with Crippen LogP contribution in [0, 0.1) is 0 Å². The molecule has 5 nitrogen and oxygen atoms in total. The lowest BCUT2D eigenvalue weighted by Gasteiger charge is -2.26. The van der Waals surface area contributed by atoms with E-state index in [-0.39, 0.29) is 6.04 Å². The van der Waals surface area contributed by atoms with E-state index in [1.807, 2.05) is 18.2 Å². The number of aliphatic hydroxyl groups is 1. The van der Waals surface area contributed by atoms with Crippen LogP contribution in [0.2, 0.25) is 0 Å². The molecule has 1 rings (SSSR count). The first-order valence-corrected chi connectivity index (χ1v) is 7.15. The molecule has 0 amide bonds. The molecule has 1 aromatic carbocycles. The lowest BCUT2D eigenvalue weighted by molar-refractivity contribution is 0.0521. The summed E-state index contributed by atoms with van der Waals surface area (Å²) >= 11 is 0. The summed E-state index contributed by atoms with van der Waals surface area (Å²) in [5.41, 5.74) is 6.09. The van der Waals surface area contributed by atoms with E-state index in [9.17, 15) is 5.11 Å². The molecule has 0 saturated heterocycles. The Balaban J connectivity index is 2.74. The van der Waals surface area contributed by atoms with Crippen molar-refractivity contribution in [2.24, 2.45) is 5.73 Å². The normalized spacial score (nSPS) is 13.0. The van der Waals surface area contributed by atoms with Crippen molar-refractivity contribution in [1.29, 1.82) is 0 Å². The van der Waals surface area contributed by atoms with Crippen molar-refractivity contribution in [3.8, 4) is 11.5 Å². The maximum Gasteiger partial charge on any atom is 0.161 e. The van der Waals surface area contributed by atoms with Gasteiger partial charge in [0.1, 0.15) is 0 Å². The summed E-state index contributed by atoms with van der Waals surface area (Å²) in [5.74, 6) is 1.38. The minimum Gasteiger partial charge on any atom is -0.493 e. The number of hydrogen-bond acceptors (Lipinski definition) is 5. The summed E-state index contributed by atoms with van der Waals surface area (Å²) in [6, 6.07) is 5.37. The van der Waals surface area contributed by atoms with E-state index in [0.29, 0.717) is 31.1 Å². The molecular formula is C16H27NO4. The molecule has 0 bridgehead atoms. The number of nitrogens with two attached hydrogens (primary N) is 1. The van der Waals surface area contributed by atoms with E-state index in [1.165, 1.54) is 0 Å². The summed E-state index contributed by atoms with van der Waals surface area (Å²) < 4.78 is 16.0. The predicted octanol–water partition coefficient (Wildman–Crippen LogP) is 1.75. The highest BCUT2D eigenvalue weighted by atomic mass is 16.5. The van der Waals surface area contributed by atoms with E-state index in [4.69, 9.17) is 19.9 Å². The van der Waals surface area contributed by atoms with Crippen molar-refractivity contribution in [1.82, 2.24) is 0 Å². The van der Waals surface area contributed by atoms with E-state index in [0.717, 1.165) is 12.0 Å². The van der Waals surface area contributed by atoms with Crippen LogP contribution in [-0.4, -0.2) is 44.2 Å². The molecule has 0 saturated carbocycles. The Morgan fingerprint density at radius 1 is 1.19 bits per heavy atom. The molecule has 5 heteroatoms. The lowest BCUT2D eigenvalue weighted by Crippen LogP contribution is -2.44. The molecule has 3 N–H and O–H groups in total. The summed E-state index contributed by atoms with van der Waals surface area (Å²) in [4.78, 5) is 0.